The van der Waals surface area contributed by atoms with Crippen molar-refractivity contribution in [3.63, 3.8) is 0 Å². The molecule has 0 rings (SSSR count). The SMILES string of the molecule is CCCCCCCC(=O)OC[C@@H](COC(=O)CCCCCCCCCCCCCCCCCCCCC(C)C)OC(=O)CCCCCCC. The molecule has 6 nitrogen and oxygen atoms in total. The number of rotatable bonds is 38. The minimum Gasteiger partial charge on any atom is -0.462 e. The van der Waals surface area contributed by atoms with Crippen molar-refractivity contribution in [1.82, 2.24) is 0 Å². The number of hydrogen-bond donors (Lipinski definition) is 0. The van der Waals surface area contributed by atoms with E-state index in [0.717, 1.165) is 76.5 Å². The zero-order chi connectivity index (χ0) is 36.0. The topological polar surface area (TPSA) is 78.9 Å². The van der Waals surface area contributed by atoms with E-state index >= 15 is 0 Å². The van der Waals surface area contributed by atoms with E-state index in [4.69, 9.17) is 14.2 Å². The number of esters is 3. The van der Waals surface area contributed by atoms with Gasteiger partial charge in [0.2, 0.25) is 0 Å². The Morgan fingerprint density at radius 2 is 0.673 bits per heavy atom. The Labute approximate surface area is 304 Å². The van der Waals surface area contributed by atoms with Crippen molar-refractivity contribution in [2.24, 2.45) is 5.92 Å². The number of carbonyl (C=O) groups excluding carboxylic acids is 3. The Bertz CT molecular complexity index is 736. The summed E-state index contributed by atoms with van der Waals surface area (Å²) >= 11 is 0. The molecule has 290 valence electrons. The number of hydrogen-bond acceptors (Lipinski definition) is 6. The molecule has 0 fully saturated rings. The lowest BCUT2D eigenvalue weighted by atomic mass is 10.0. The van der Waals surface area contributed by atoms with Gasteiger partial charge in [0.1, 0.15) is 13.2 Å². The Morgan fingerprint density at radius 1 is 0.388 bits per heavy atom. The third kappa shape index (κ3) is 37.5. The quantitative estimate of drug-likeness (QED) is 0.0364. The van der Waals surface area contributed by atoms with Crippen LogP contribution >= 0.6 is 0 Å². The highest BCUT2D eigenvalue weighted by Crippen LogP contribution is 2.16. The van der Waals surface area contributed by atoms with E-state index in [1.807, 2.05) is 0 Å². The van der Waals surface area contributed by atoms with Gasteiger partial charge < -0.3 is 14.2 Å². The first kappa shape index (κ1) is 47.4. The summed E-state index contributed by atoms with van der Waals surface area (Å²) in [6, 6.07) is 0. The van der Waals surface area contributed by atoms with E-state index < -0.39 is 6.10 Å². The summed E-state index contributed by atoms with van der Waals surface area (Å²) in [7, 11) is 0. The lowest BCUT2D eigenvalue weighted by Crippen LogP contribution is -2.30. The molecular weight excluding hydrogens is 612 g/mol. The average Bonchev–Trinajstić information content (AvgIpc) is 3.08. The summed E-state index contributed by atoms with van der Waals surface area (Å²) in [6.45, 7) is 8.84. The summed E-state index contributed by atoms with van der Waals surface area (Å²) in [5, 5.41) is 0. The Morgan fingerprint density at radius 3 is 1.00 bits per heavy atom. The summed E-state index contributed by atoms with van der Waals surface area (Å²) in [4.78, 5) is 37.0. The summed E-state index contributed by atoms with van der Waals surface area (Å²) in [5.74, 6) is -0.0293. The predicted molar refractivity (Wildman–Crippen MR) is 206 cm³/mol. The molecule has 0 saturated carbocycles. The maximum Gasteiger partial charge on any atom is 0.306 e. The molecule has 1 atom stereocenters. The van der Waals surface area contributed by atoms with Crippen LogP contribution in [0.4, 0.5) is 0 Å². The number of unbranched alkanes of at least 4 members (excludes halogenated alkanes) is 25. The minimum atomic E-state index is -0.754. The molecule has 0 radical (unpaired) electrons. The first-order chi connectivity index (χ1) is 23.9. The van der Waals surface area contributed by atoms with E-state index in [0.29, 0.717) is 19.3 Å². The van der Waals surface area contributed by atoms with Gasteiger partial charge in [-0.3, -0.25) is 14.4 Å². The molecule has 6 heteroatoms. The highest BCUT2D eigenvalue weighted by Gasteiger charge is 2.19. The molecule has 0 aliphatic carbocycles. The van der Waals surface area contributed by atoms with Gasteiger partial charge >= 0.3 is 17.9 Å². The van der Waals surface area contributed by atoms with Crippen LogP contribution in [0.2, 0.25) is 0 Å². The van der Waals surface area contributed by atoms with Crippen molar-refractivity contribution in [2.75, 3.05) is 13.2 Å². The molecule has 0 aromatic heterocycles. The third-order valence-corrected chi connectivity index (χ3v) is 9.54. The molecule has 0 N–H and O–H groups in total. The van der Waals surface area contributed by atoms with Crippen LogP contribution in [0, 0.1) is 5.92 Å². The van der Waals surface area contributed by atoms with Crippen molar-refractivity contribution in [1.29, 1.82) is 0 Å². The molecule has 0 bridgehead atoms. The fraction of sp³-hybridized carbons (Fsp3) is 0.930. The molecule has 0 aromatic rings. The minimum absolute atomic E-state index is 0.0666. The zero-order valence-corrected chi connectivity index (χ0v) is 33.1. The van der Waals surface area contributed by atoms with Crippen LogP contribution in [0.3, 0.4) is 0 Å². The lowest BCUT2D eigenvalue weighted by molar-refractivity contribution is -0.167. The summed E-state index contributed by atoms with van der Waals surface area (Å²) < 4.78 is 16.4. The van der Waals surface area contributed by atoms with Gasteiger partial charge in [-0.2, -0.15) is 0 Å². The first-order valence-corrected chi connectivity index (χ1v) is 21.4. The molecule has 0 spiro atoms. The van der Waals surface area contributed by atoms with E-state index in [9.17, 15) is 14.4 Å². The largest absolute Gasteiger partial charge is 0.462 e. The maximum atomic E-state index is 12.4. The molecule has 0 amide bonds. The smallest absolute Gasteiger partial charge is 0.306 e. The normalized spacial score (nSPS) is 11.9. The van der Waals surface area contributed by atoms with Gasteiger partial charge in [-0.15, -0.1) is 0 Å². The van der Waals surface area contributed by atoms with Crippen molar-refractivity contribution >= 4 is 17.9 Å². The lowest BCUT2D eigenvalue weighted by Gasteiger charge is -2.18. The Hall–Kier alpha value is -1.59. The van der Waals surface area contributed by atoms with Crippen LogP contribution in [0.1, 0.15) is 233 Å². The second-order valence-electron chi connectivity index (χ2n) is 15.1. The molecule has 0 aliphatic heterocycles. The van der Waals surface area contributed by atoms with Crippen molar-refractivity contribution < 1.29 is 28.6 Å². The molecule has 0 aromatic carbocycles. The summed E-state index contributed by atoms with van der Waals surface area (Å²) in [5.41, 5.74) is 0. The van der Waals surface area contributed by atoms with Crippen LogP contribution in [0.25, 0.3) is 0 Å². The van der Waals surface area contributed by atoms with Crippen molar-refractivity contribution in [3.8, 4) is 0 Å². The van der Waals surface area contributed by atoms with E-state index in [2.05, 4.69) is 27.7 Å². The fourth-order valence-corrected chi connectivity index (χ4v) is 6.27. The molecule has 49 heavy (non-hydrogen) atoms. The van der Waals surface area contributed by atoms with Gasteiger partial charge in [-0.1, -0.05) is 195 Å². The van der Waals surface area contributed by atoms with Gasteiger partial charge in [0.25, 0.3) is 0 Å². The standard InChI is InChI=1S/C43H82O6/c1-5-7-9-25-30-34-41(44)47-37-40(49-43(46)36-32-26-10-8-6-2)38-48-42(45)35-31-28-24-22-20-18-16-14-12-11-13-15-17-19-21-23-27-29-33-39(3)4/h39-40H,5-38H2,1-4H3/t40-/m0/s1. The Kier molecular flexibility index (Phi) is 36.4. The fourth-order valence-electron chi connectivity index (χ4n) is 6.27. The van der Waals surface area contributed by atoms with E-state index in [-0.39, 0.29) is 31.1 Å². The van der Waals surface area contributed by atoms with Crippen LogP contribution in [-0.2, 0) is 28.6 Å². The van der Waals surface area contributed by atoms with Gasteiger partial charge in [0.15, 0.2) is 6.10 Å². The van der Waals surface area contributed by atoms with Gasteiger partial charge in [0.05, 0.1) is 0 Å². The maximum absolute atomic E-state index is 12.4. The average molecular weight is 695 g/mol. The predicted octanol–water partition coefficient (Wildman–Crippen LogP) is 13.2. The molecule has 0 unspecified atom stereocenters. The Balaban J connectivity index is 3.92. The third-order valence-electron chi connectivity index (χ3n) is 9.54. The van der Waals surface area contributed by atoms with Gasteiger partial charge in [0, 0.05) is 19.3 Å². The van der Waals surface area contributed by atoms with Crippen molar-refractivity contribution in [2.45, 2.75) is 239 Å². The summed E-state index contributed by atoms with van der Waals surface area (Å²) in [6.07, 6.45) is 35.9. The number of carbonyl (C=O) groups is 3. The second-order valence-corrected chi connectivity index (χ2v) is 15.1. The first-order valence-electron chi connectivity index (χ1n) is 21.4. The molecule has 0 heterocycles. The van der Waals surface area contributed by atoms with Crippen LogP contribution in [0.15, 0.2) is 0 Å². The van der Waals surface area contributed by atoms with Gasteiger partial charge in [-0.25, -0.2) is 0 Å². The second kappa shape index (κ2) is 37.7. The number of ether oxygens (including phenoxy) is 3. The van der Waals surface area contributed by atoms with Crippen LogP contribution in [0.5, 0.6) is 0 Å². The monoisotopic (exact) mass is 695 g/mol. The van der Waals surface area contributed by atoms with E-state index in [1.54, 1.807) is 0 Å². The molecular formula is C43H82O6. The molecule has 0 saturated heterocycles. The van der Waals surface area contributed by atoms with Gasteiger partial charge in [-0.05, 0) is 25.2 Å². The van der Waals surface area contributed by atoms with E-state index in [1.165, 1.54) is 116 Å². The van der Waals surface area contributed by atoms with Crippen LogP contribution < -0.4 is 0 Å². The van der Waals surface area contributed by atoms with Crippen molar-refractivity contribution in [3.05, 3.63) is 0 Å². The highest BCUT2D eigenvalue weighted by molar-refractivity contribution is 5.71. The van der Waals surface area contributed by atoms with Crippen LogP contribution in [-0.4, -0.2) is 37.2 Å². The highest BCUT2D eigenvalue weighted by atomic mass is 16.6. The molecule has 0 aliphatic rings. The zero-order valence-electron chi connectivity index (χ0n) is 33.1.